The van der Waals surface area contributed by atoms with Crippen LogP contribution in [0.2, 0.25) is 0 Å². The third kappa shape index (κ3) is 3.51. The molecule has 1 aromatic heterocycles. The summed E-state index contributed by atoms with van der Waals surface area (Å²) in [6.07, 6.45) is 0. The van der Waals surface area contributed by atoms with Crippen molar-refractivity contribution < 1.29 is 4.79 Å². The van der Waals surface area contributed by atoms with Crippen molar-refractivity contribution in [1.29, 1.82) is 0 Å². The molecule has 2 aromatic rings. The lowest BCUT2D eigenvalue weighted by molar-refractivity contribution is -0.114. The molecule has 0 unspecified atom stereocenters. The SMILES string of the molecule is Cc1ccc(C)c(N(C)CC(=O)Nc2nncs2)c1. The van der Waals surface area contributed by atoms with E-state index in [1.165, 1.54) is 16.9 Å². The van der Waals surface area contributed by atoms with Crippen molar-refractivity contribution in [2.24, 2.45) is 0 Å². The molecule has 1 aromatic carbocycles. The van der Waals surface area contributed by atoms with Crippen LogP contribution < -0.4 is 10.2 Å². The highest BCUT2D eigenvalue weighted by atomic mass is 32.1. The molecule has 0 aliphatic carbocycles. The third-order valence-corrected chi connectivity index (χ3v) is 3.37. The summed E-state index contributed by atoms with van der Waals surface area (Å²) in [7, 11) is 1.90. The smallest absolute Gasteiger partial charge is 0.245 e. The molecule has 0 spiro atoms. The molecule has 1 amide bonds. The first-order valence-electron chi connectivity index (χ1n) is 5.90. The molecule has 0 radical (unpaired) electrons. The van der Waals surface area contributed by atoms with Crippen LogP contribution in [0.1, 0.15) is 11.1 Å². The van der Waals surface area contributed by atoms with Gasteiger partial charge >= 0.3 is 0 Å². The zero-order valence-electron chi connectivity index (χ0n) is 11.2. The Morgan fingerprint density at radius 1 is 1.42 bits per heavy atom. The fraction of sp³-hybridized carbons (Fsp3) is 0.308. The number of hydrogen-bond acceptors (Lipinski definition) is 5. The highest BCUT2D eigenvalue weighted by Gasteiger charge is 2.11. The number of nitrogens with zero attached hydrogens (tertiary/aromatic N) is 3. The Balaban J connectivity index is 2.02. The number of nitrogens with one attached hydrogen (secondary N) is 1. The van der Waals surface area contributed by atoms with Crippen LogP contribution in [0, 0.1) is 13.8 Å². The molecule has 0 atom stereocenters. The van der Waals surface area contributed by atoms with Gasteiger partial charge in [-0.15, -0.1) is 10.2 Å². The van der Waals surface area contributed by atoms with Crippen LogP contribution in [0.15, 0.2) is 23.7 Å². The molecule has 5 nitrogen and oxygen atoms in total. The van der Waals surface area contributed by atoms with E-state index in [4.69, 9.17) is 0 Å². The van der Waals surface area contributed by atoms with Crippen molar-refractivity contribution in [3.05, 3.63) is 34.8 Å². The zero-order chi connectivity index (χ0) is 13.8. The Kier molecular flexibility index (Phi) is 4.11. The molecule has 1 heterocycles. The molecule has 2 rings (SSSR count). The summed E-state index contributed by atoms with van der Waals surface area (Å²) in [5.41, 5.74) is 4.98. The van der Waals surface area contributed by atoms with Gasteiger partial charge in [-0.1, -0.05) is 23.5 Å². The fourth-order valence-electron chi connectivity index (χ4n) is 1.82. The zero-order valence-corrected chi connectivity index (χ0v) is 12.0. The number of aromatic nitrogens is 2. The van der Waals surface area contributed by atoms with E-state index in [-0.39, 0.29) is 12.5 Å². The monoisotopic (exact) mass is 276 g/mol. The Morgan fingerprint density at radius 3 is 2.89 bits per heavy atom. The van der Waals surface area contributed by atoms with Crippen LogP contribution in [0.5, 0.6) is 0 Å². The molecule has 0 saturated heterocycles. The molecular weight excluding hydrogens is 260 g/mol. The molecule has 19 heavy (non-hydrogen) atoms. The predicted octanol–water partition coefficient (Wildman–Crippen LogP) is 2.23. The Labute approximate surface area is 116 Å². The van der Waals surface area contributed by atoms with Crippen molar-refractivity contribution in [1.82, 2.24) is 10.2 Å². The van der Waals surface area contributed by atoms with Crippen LogP contribution in [0.25, 0.3) is 0 Å². The number of anilines is 2. The second-order valence-electron chi connectivity index (χ2n) is 4.44. The van der Waals surface area contributed by atoms with Gasteiger partial charge in [0.05, 0.1) is 6.54 Å². The van der Waals surface area contributed by atoms with Gasteiger partial charge in [0.15, 0.2) is 0 Å². The average molecular weight is 276 g/mol. The number of aryl methyl sites for hydroxylation is 2. The second-order valence-corrected chi connectivity index (χ2v) is 5.27. The quantitative estimate of drug-likeness (QED) is 0.930. The normalized spacial score (nSPS) is 10.3. The van der Waals surface area contributed by atoms with Gasteiger partial charge < -0.3 is 4.90 Å². The Hall–Kier alpha value is -1.95. The lowest BCUT2D eigenvalue weighted by Crippen LogP contribution is -2.30. The second kappa shape index (κ2) is 5.79. The summed E-state index contributed by atoms with van der Waals surface area (Å²) >= 11 is 1.31. The summed E-state index contributed by atoms with van der Waals surface area (Å²) in [5.74, 6) is -0.0971. The average Bonchev–Trinajstić information content (AvgIpc) is 2.84. The van der Waals surface area contributed by atoms with Gasteiger partial charge in [0.25, 0.3) is 0 Å². The van der Waals surface area contributed by atoms with Crippen molar-refractivity contribution in [3.63, 3.8) is 0 Å². The van der Waals surface area contributed by atoms with Gasteiger partial charge in [0.2, 0.25) is 11.0 Å². The van der Waals surface area contributed by atoms with E-state index in [1.807, 2.05) is 25.8 Å². The molecule has 0 aliphatic rings. The minimum Gasteiger partial charge on any atom is -0.365 e. The predicted molar refractivity (Wildman–Crippen MR) is 77.7 cm³/mol. The van der Waals surface area contributed by atoms with Crippen LogP contribution in [0.3, 0.4) is 0 Å². The van der Waals surface area contributed by atoms with Gasteiger partial charge in [0, 0.05) is 12.7 Å². The van der Waals surface area contributed by atoms with Gasteiger partial charge in [-0.2, -0.15) is 0 Å². The summed E-state index contributed by atoms with van der Waals surface area (Å²) in [6, 6.07) is 6.20. The number of hydrogen-bond donors (Lipinski definition) is 1. The first-order valence-corrected chi connectivity index (χ1v) is 6.78. The fourth-order valence-corrected chi connectivity index (χ4v) is 2.28. The number of rotatable bonds is 4. The van der Waals surface area contributed by atoms with Crippen LogP contribution in [-0.2, 0) is 4.79 Å². The maximum atomic E-state index is 11.9. The summed E-state index contributed by atoms with van der Waals surface area (Å²) in [5, 5.41) is 10.7. The van der Waals surface area contributed by atoms with Gasteiger partial charge in [0.1, 0.15) is 5.51 Å². The first kappa shape index (κ1) is 13.5. The van der Waals surface area contributed by atoms with E-state index in [1.54, 1.807) is 5.51 Å². The van der Waals surface area contributed by atoms with E-state index in [0.717, 1.165) is 11.3 Å². The van der Waals surface area contributed by atoms with Crippen LogP contribution in [-0.4, -0.2) is 29.7 Å². The van der Waals surface area contributed by atoms with Gasteiger partial charge in [-0.3, -0.25) is 10.1 Å². The van der Waals surface area contributed by atoms with E-state index in [0.29, 0.717) is 5.13 Å². The number of amides is 1. The highest BCUT2D eigenvalue weighted by molar-refractivity contribution is 7.13. The lowest BCUT2D eigenvalue weighted by atomic mass is 10.1. The minimum atomic E-state index is -0.0971. The largest absolute Gasteiger partial charge is 0.365 e. The standard InChI is InChI=1S/C13H16N4OS/c1-9-4-5-10(2)11(6-9)17(3)7-12(18)15-13-16-14-8-19-13/h4-6,8H,7H2,1-3H3,(H,15,16,18). The molecule has 0 bridgehead atoms. The maximum Gasteiger partial charge on any atom is 0.245 e. The highest BCUT2D eigenvalue weighted by Crippen LogP contribution is 2.20. The van der Waals surface area contributed by atoms with Crippen molar-refractivity contribution in [2.75, 3.05) is 23.8 Å². The number of likely N-dealkylation sites (N-methyl/N-ethyl adjacent to an activating group) is 1. The van der Waals surface area contributed by atoms with E-state index < -0.39 is 0 Å². The molecule has 6 heteroatoms. The maximum absolute atomic E-state index is 11.9. The number of carbonyl (C=O) groups is 1. The Morgan fingerprint density at radius 2 is 2.21 bits per heavy atom. The minimum absolute atomic E-state index is 0.0971. The molecule has 100 valence electrons. The Bertz CT molecular complexity index is 568. The van der Waals surface area contributed by atoms with Gasteiger partial charge in [-0.25, -0.2) is 0 Å². The molecule has 0 aliphatic heterocycles. The van der Waals surface area contributed by atoms with Crippen molar-refractivity contribution in [2.45, 2.75) is 13.8 Å². The number of benzene rings is 1. The molecular formula is C13H16N4OS. The summed E-state index contributed by atoms with van der Waals surface area (Å²) < 4.78 is 0. The molecule has 0 fully saturated rings. The van der Waals surface area contributed by atoms with E-state index in [9.17, 15) is 4.79 Å². The topological polar surface area (TPSA) is 58.1 Å². The van der Waals surface area contributed by atoms with Crippen molar-refractivity contribution >= 4 is 28.1 Å². The molecule has 0 saturated carbocycles. The van der Waals surface area contributed by atoms with Crippen LogP contribution >= 0.6 is 11.3 Å². The van der Waals surface area contributed by atoms with Gasteiger partial charge in [-0.05, 0) is 31.0 Å². The van der Waals surface area contributed by atoms with Crippen molar-refractivity contribution in [3.8, 4) is 0 Å². The first-order chi connectivity index (χ1) is 9.06. The van der Waals surface area contributed by atoms with E-state index in [2.05, 4.69) is 33.7 Å². The lowest BCUT2D eigenvalue weighted by Gasteiger charge is -2.21. The number of carbonyl (C=O) groups excluding carboxylic acids is 1. The molecule has 1 N–H and O–H groups in total. The summed E-state index contributed by atoms with van der Waals surface area (Å²) in [4.78, 5) is 13.8. The van der Waals surface area contributed by atoms with Crippen LogP contribution in [0.4, 0.5) is 10.8 Å². The van der Waals surface area contributed by atoms with E-state index >= 15 is 0 Å². The third-order valence-electron chi connectivity index (χ3n) is 2.76. The summed E-state index contributed by atoms with van der Waals surface area (Å²) in [6.45, 7) is 4.36.